The highest BCUT2D eigenvalue weighted by molar-refractivity contribution is 7.90. The highest BCUT2D eigenvalue weighted by Gasteiger charge is 2.28. The molecular weight excluding hydrogens is 486 g/mol. The zero-order chi connectivity index (χ0) is 24.6. The number of sulfone groups is 1. The Morgan fingerprint density at radius 1 is 1.00 bits per heavy atom. The van der Waals surface area contributed by atoms with Gasteiger partial charge in [0.25, 0.3) is 5.91 Å². The fourth-order valence-electron chi connectivity index (χ4n) is 4.77. The summed E-state index contributed by atoms with van der Waals surface area (Å²) in [6.07, 6.45) is 5.32. The Hall–Kier alpha value is -2.84. The summed E-state index contributed by atoms with van der Waals surface area (Å²) >= 11 is 6.08. The van der Waals surface area contributed by atoms with Gasteiger partial charge in [-0.15, -0.1) is 0 Å². The highest BCUT2D eigenvalue weighted by Crippen LogP contribution is 2.30. The van der Waals surface area contributed by atoms with E-state index in [2.05, 4.69) is 4.90 Å². The number of hydrogen-bond acceptors (Lipinski definition) is 6. The van der Waals surface area contributed by atoms with Crippen LogP contribution in [0.4, 0.5) is 5.82 Å². The smallest absolute Gasteiger partial charge is 0.257 e. The minimum atomic E-state index is -3.45. The number of rotatable bonds is 5. The van der Waals surface area contributed by atoms with Crippen molar-refractivity contribution >= 4 is 44.1 Å². The molecule has 5 rings (SSSR count). The molecule has 35 heavy (non-hydrogen) atoms. The second kappa shape index (κ2) is 9.66. The monoisotopic (exact) mass is 513 g/mol. The quantitative estimate of drug-likeness (QED) is 0.497. The Morgan fingerprint density at radius 2 is 1.74 bits per heavy atom. The number of ether oxygens (including phenoxy) is 1. The number of anilines is 1. The third-order valence-electron chi connectivity index (χ3n) is 6.73. The number of pyridine rings is 1. The molecule has 1 saturated carbocycles. The molecule has 1 aliphatic heterocycles. The van der Waals surface area contributed by atoms with Gasteiger partial charge in [-0.1, -0.05) is 11.6 Å². The molecule has 184 valence electrons. The van der Waals surface area contributed by atoms with Crippen LogP contribution in [-0.2, 0) is 9.84 Å². The van der Waals surface area contributed by atoms with E-state index in [4.69, 9.17) is 21.3 Å². The van der Waals surface area contributed by atoms with Gasteiger partial charge in [-0.3, -0.25) is 4.79 Å². The normalized spacial score (nSPS) is 17.2. The number of aromatic nitrogens is 1. The predicted molar refractivity (Wildman–Crippen MR) is 137 cm³/mol. The van der Waals surface area contributed by atoms with Crippen molar-refractivity contribution in [1.82, 2.24) is 9.88 Å². The number of benzene rings is 2. The molecule has 2 aliphatic rings. The van der Waals surface area contributed by atoms with Gasteiger partial charge in [-0.2, -0.15) is 0 Å². The lowest BCUT2D eigenvalue weighted by Gasteiger charge is -2.36. The SMILES string of the molecule is CS(=O)(=O)c1ccc(OC2CCCC2)c(C(=O)N2CCN(c3ccc4cc(Cl)ccc4n3)CC2)c1. The lowest BCUT2D eigenvalue weighted by Crippen LogP contribution is -2.49. The molecule has 2 aromatic carbocycles. The number of piperazine rings is 1. The first kappa shape index (κ1) is 23.9. The van der Waals surface area contributed by atoms with E-state index < -0.39 is 9.84 Å². The van der Waals surface area contributed by atoms with E-state index in [0.29, 0.717) is 42.5 Å². The molecule has 0 bridgehead atoms. The standard InChI is InChI=1S/C26H28ClN3O4S/c1-35(32,33)21-8-10-24(34-20-4-2-3-5-20)22(17-21)26(31)30-14-12-29(13-15-30)25-11-6-18-16-19(27)7-9-23(18)28-25/h6-11,16-17,20H,2-5,12-15H2,1H3. The van der Waals surface area contributed by atoms with Crippen LogP contribution >= 0.6 is 11.6 Å². The number of amides is 1. The Kier molecular flexibility index (Phi) is 6.59. The highest BCUT2D eigenvalue weighted by atomic mass is 35.5. The largest absolute Gasteiger partial charge is 0.490 e. The van der Waals surface area contributed by atoms with Gasteiger partial charge >= 0.3 is 0 Å². The van der Waals surface area contributed by atoms with E-state index in [1.54, 1.807) is 11.0 Å². The first-order valence-electron chi connectivity index (χ1n) is 11.9. The minimum absolute atomic E-state index is 0.0661. The van der Waals surface area contributed by atoms with Crippen LogP contribution in [-0.4, -0.2) is 62.7 Å². The zero-order valence-corrected chi connectivity index (χ0v) is 21.2. The molecule has 2 fully saturated rings. The first-order valence-corrected chi connectivity index (χ1v) is 14.2. The molecule has 1 saturated heterocycles. The summed E-state index contributed by atoms with van der Waals surface area (Å²) in [5.74, 6) is 1.12. The van der Waals surface area contributed by atoms with E-state index >= 15 is 0 Å². The van der Waals surface area contributed by atoms with Crippen LogP contribution in [0.1, 0.15) is 36.0 Å². The summed E-state index contributed by atoms with van der Waals surface area (Å²) in [6.45, 7) is 2.26. The summed E-state index contributed by atoms with van der Waals surface area (Å²) in [7, 11) is -3.45. The zero-order valence-electron chi connectivity index (χ0n) is 19.6. The summed E-state index contributed by atoms with van der Waals surface area (Å²) in [6, 6.07) is 14.2. The van der Waals surface area contributed by atoms with Crippen molar-refractivity contribution < 1.29 is 17.9 Å². The van der Waals surface area contributed by atoms with Crippen molar-refractivity contribution in [3.05, 3.63) is 59.1 Å². The van der Waals surface area contributed by atoms with Crippen LogP contribution in [0, 0.1) is 0 Å². The minimum Gasteiger partial charge on any atom is -0.490 e. The number of fused-ring (bicyclic) bond motifs is 1. The number of carbonyl (C=O) groups excluding carboxylic acids is 1. The van der Waals surface area contributed by atoms with Crippen molar-refractivity contribution in [2.75, 3.05) is 37.3 Å². The second-order valence-corrected chi connectivity index (χ2v) is 11.7. The van der Waals surface area contributed by atoms with Gasteiger partial charge in [0.1, 0.15) is 11.6 Å². The van der Waals surface area contributed by atoms with E-state index in [0.717, 1.165) is 48.7 Å². The van der Waals surface area contributed by atoms with Gasteiger partial charge in [0.2, 0.25) is 0 Å². The molecule has 1 amide bonds. The fraction of sp³-hybridized carbons (Fsp3) is 0.385. The fourth-order valence-corrected chi connectivity index (χ4v) is 5.59. The third kappa shape index (κ3) is 5.23. The second-order valence-electron chi connectivity index (χ2n) is 9.24. The Balaban J connectivity index is 1.34. The van der Waals surface area contributed by atoms with Gasteiger partial charge in [0.15, 0.2) is 9.84 Å². The van der Waals surface area contributed by atoms with Crippen molar-refractivity contribution in [2.24, 2.45) is 0 Å². The molecule has 0 spiro atoms. The molecule has 0 atom stereocenters. The van der Waals surface area contributed by atoms with Crippen molar-refractivity contribution in [1.29, 1.82) is 0 Å². The molecular formula is C26H28ClN3O4S. The molecule has 7 nitrogen and oxygen atoms in total. The molecule has 3 aromatic rings. The Labute approximate surface area is 210 Å². The maximum absolute atomic E-state index is 13.5. The van der Waals surface area contributed by atoms with Gasteiger partial charge in [-0.05, 0) is 74.2 Å². The Bertz CT molecular complexity index is 1360. The van der Waals surface area contributed by atoms with Gasteiger partial charge in [0.05, 0.1) is 22.1 Å². The van der Waals surface area contributed by atoms with E-state index in [9.17, 15) is 13.2 Å². The maximum Gasteiger partial charge on any atom is 0.257 e. The topological polar surface area (TPSA) is 79.8 Å². The summed E-state index contributed by atoms with van der Waals surface area (Å²) in [4.78, 5) is 22.3. The molecule has 1 aliphatic carbocycles. The number of carbonyl (C=O) groups is 1. The first-order chi connectivity index (χ1) is 16.8. The number of nitrogens with zero attached hydrogens (tertiary/aromatic N) is 3. The summed E-state index contributed by atoms with van der Waals surface area (Å²) in [5.41, 5.74) is 1.19. The predicted octanol–water partition coefficient (Wildman–Crippen LogP) is 4.58. The van der Waals surface area contributed by atoms with Crippen molar-refractivity contribution in [3.8, 4) is 5.75 Å². The number of hydrogen-bond donors (Lipinski definition) is 0. The molecule has 2 heterocycles. The van der Waals surface area contributed by atoms with Crippen molar-refractivity contribution in [3.63, 3.8) is 0 Å². The number of halogens is 1. The van der Waals surface area contributed by atoms with Crippen LogP contribution in [0.2, 0.25) is 5.02 Å². The van der Waals surface area contributed by atoms with Gasteiger partial charge < -0.3 is 14.5 Å². The third-order valence-corrected chi connectivity index (χ3v) is 8.08. The van der Waals surface area contributed by atoms with E-state index in [1.807, 2.05) is 30.3 Å². The van der Waals surface area contributed by atoms with Crippen LogP contribution in [0.3, 0.4) is 0 Å². The summed E-state index contributed by atoms with van der Waals surface area (Å²) < 4.78 is 30.5. The summed E-state index contributed by atoms with van der Waals surface area (Å²) in [5, 5.41) is 1.66. The van der Waals surface area contributed by atoms with E-state index in [-0.39, 0.29) is 16.9 Å². The lowest BCUT2D eigenvalue weighted by molar-refractivity contribution is 0.0738. The average Bonchev–Trinajstić information content (AvgIpc) is 3.36. The molecule has 0 N–H and O–H groups in total. The Morgan fingerprint density at radius 3 is 2.46 bits per heavy atom. The van der Waals surface area contributed by atoms with Crippen LogP contribution in [0.25, 0.3) is 10.9 Å². The van der Waals surface area contributed by atoms with Gasteiger partial charge in [-0.25, -0.2) is 13.4 Å². The molecule has 1 aromatic heterocycles. The molecule has 0 unspecified atom stereocenters. The van der Waals surface area contributed by atoms with Crippen LogP contribution in [0.15, 0.2) is 53.4 Å². The lowest BCUT2D eigenvalue weighted by atomic mass is 10.1. The molecule has 0 radical (unpaired) electrons. The average molecular weight is 514 g/mol. The molecule has 9 heteroatoms. The van der Waals surface area contributed by atoms with Crippen LogP contribution in [0.5, 0.6) is 5.75 Å². The van der Waals surface area contributed by atoms with Crippen LogP contribution < -0.4 is 9.64 Å². The maximum atomic E-state index is 13.5. The van der Waals surface area contributed by atoms with E-state index in [1.165, 1.54) is 12.1 Å². The van der Waals surface area contributed by atoms with Gasteiger partial charge in [0, 0.05) is 42.8 Å². The van der Waals surface area contributed by atoms with Crippen molar-refractivity contribution in [2.45, 2.75) is 36.7 Å².